The fourth-order valence-electron chi connectivity index (χ4n) is 1.61. The second-order valence-corrected chi connectivity index (χ2v) is 7.12. The smallest absolute Gasteiger partial charge is 0.336 e. The van der Waals surface area contributed by atoms with Crippen molar-refractivity contribution in [1.29, 1.82) is 0 Å². The zero-order valence-corrected chi connectivity index (χ0v) is 12.8. The van der Waals surface area contributed by atoms with E-state index in [0.29, 0.717) is 0 Å². The molecule has 0 aliphatic carbocycles. The normalized spacial score (nSPS) is 12.4. The van der Waals surface area contributed by atoms with Gasteiger partial charge in [0.05, 0.1) is 22.6 Å². The highest BCUT2D eigenvalue weighted by Gasteiger charge is 2.28. The van der Waals surface area contributed by atoms with Crippen molar-refractivity contribution < 1.29 is 23.4 Å². The van der Waals surface area contributed by atoms with Crippen LogP contribution in [0.5, 0.6) is 0 Å². The van der Waals surface area contributed by atoms with Crippen LogP contribution in [-0.2, 0) is 10.0 Å². The van der Waals surface area contributed by atoms with Crippen LogP contribution in [-0.4, -0.2) is 36.7 Å². The van der Waals surface area contributed by atoms with Crippen molar-refractivity contribution in [3.63, 3.8) is 0 Å². The molecule has 6 nitrogen and oxygen atoms in total. The van der Waals surface area contributed by atoms with E-state index in [1.165, 1.54) is 32.9 Å². The highest BCUT2D eigenvalue weighted by Crippen LogP contribution is 2.25. The SMILES string of the molecule is Cc1c(C(=O)O)cc(Cl)cc1S(=O)(=O)NC(C)(C)CO. The van der Waals surface area contributed by atoms with Crippen LogP contribution in [0.4, 0.5) is 0 Å². The van der Waals surface area contributed by atoms with Crippen LogP contribution in [0.25, 0.3) is 0 Å². The van der Waals surface area contributed by atoms with Gasteiger partial charge in [0.1, 0.15) is 0 Å². The van der Waals surface area contributed by atoms with Crippen LogP contribution in [0, 0.1) is 6.92 Å². The van der Waals surface area contributed by atoms with Gasteiger partial charge in [-0.05, 0) is 38.5 Å². The number of nitrogens with one attached hydrogen (secondary N) is 1. The number of aromatic carboxylic acids is 1. The minimum Gasteiger partial charge on any atom is -0.478 e. The Kier molecular flexibility index (Phi) is 4.81. The summed E-state index contributed by atoms with van der Waals surface area (Å²) in [5.41, 5.74) is -1.17. The van der Waals surface area contributed by atoms with E-state index < -0.39 is 28.1 Å². The molecule has 0 spiro atoms. The number of hydrogen-bond donors (Lipinski definition) is 3. The topological polar surface area (TPSA) is 104 Å². The quantitative estimate of drug-likeness (QED) is 0.760. The number of sulfonamides is 1. The van der Waals surface area contributed by atoms with E-state index in [4.69, 9.17) is 21.8 Å². The Hall–Kier alpha value is -1.15. The van der Waals surface area contributed by atoms with E-state index in [9.17, 15) is 13.2 Å². The maximum absolute atomic E-state index is 12.3. The lowest BCUT2D eigenvalue weighted by atomic mass is 10.1. The fourth-order valence-corrected chi connectivity index (χ4v) is 3.59. The summed E-state index contributed by atoms with van der Waals surface area (Å²) in [4.78, 5) is 10.9. The number of aliphatic hydroxyl groups excluding tert-OH is 1. The van der Waals surface area contributed by atoms with Gasteiger partial charge in [-0.2, -0.15) is 0 Å². The molecule has 0 heterocycles. The zero-order valence-electron chi connectivity index (χ0n) is 11.3. The number of rotatable bonds is 5. The summed E-state index contributed by atoms with van der Waals surface area (Å²) in [6, 6.07) is 2.37. The average molecular weight is 322 g/mol. The van der Waals surface area contributed by atoms with Gasteiger partial charge in [0.15, 0.2) is 0 Å². The van der Waals surface area contributed by atoms with Crippen molar-refractivity contribution in [2.45, 2.75) is 31.2 Å². The second-order valence-electron chi connectivity index (χ2n) is 5.03. The predicted molar refractivity (Wildman–Crippen MR) is 74.6 cm³/mol. The molecule has 0 aliphatic heterocycles. The van der Waals surface area contributed by atoms with Crippen molar-refractivity contribution in [3.8, 4) is 0 Å². The van der Waals surface area contributed by atoms with Crippen molar-refractivity contribution in [2.24, 2.45) is 0 Å². The van der Waals surface area contributed by atoms with Gasteiger partial charge < -0.3 is 10.2 Å². The molecule has 112 valence electrons. The van der Waals surface area contributed by atoms with Crippen LogP contribution < -0.4 is 4.72 Å². The van der Waals surface area contributed by atoms with E-state index in [-0.39, 0.29) is 21.0 Å². The number of carboxylic acids is 1. The van der Waals surface area contributed by atoms with E-state index in [1.54, 1.807) is 0 Å². The predicted octanol–water partition coefficient (Wildman–Crippen LogP) is 1.40. The molecule has 0 fully saturated rings. The van der Waals surface area contributed by atoms with E-state index >= 15 is 0 Å². The van der Waals surface area contributed by atoms with Gasteiger partial charge in [-0.15, -0.1) is 0 Å². The number of carbonyl (C=O) groups is 1. The van der Waals surface area contributed by atoms with Crippen molar-refractivity contribution in [2.75, 3.05) is 6.61 Å². The maximum Gasteiger partial charge on any atom is 0.336 e. The molecule has 0 unspecified atom stereocenters. The first kappa shape index (κ1) is 16.9. The molecule has 0 aromatic heterocycles. The zero-order chi connectivity index (χ0) is 15.7. The Morgan fingerprint density at radius 2 is 1.95 bits per heavy atom. The van der Waals surface area contributed by atoms with E-state index in [1.807, 2.05) is 0 Å². The van der Waals surface area contributed by atoms with Gasteiger partial charge in [-0.25, -0.2) is 17.9 Å². The lowest BCUT2D eigenvalue weighted by Gasteiger charge is -2.24. The Morgan fingerprint density at radius 3 is 2.40 bits per heavy atom. The van der Waals surface area contributed by atoms with Crippen LogP contribution in [0.2, 0.25) is 5.02 Å². The first-order chi connectivity index (χ1) is 9.00. The lowest BCUT2D eigenvalue weighted by Crippen LogP contribution is -2.46. The molecular formula is C12H16ClNO5S. The van der Waals surface area contributed by atoms with E-state index in [2.05, 4.69) is 4.72 Å². The Morgan fingerprint density at radius 1 is 1.40 bits per heavy atom. The summed E-state index contributed by atoms with van der Waals surface area (Å²) < 4.78 is 26.9. The van der Waals surface area contributed by atoms with Crippen LogP contribution >= 0.6 is 11.6 Å². The first-order valence-electron chi connectivity index (χ1n) is 5.68. The molecule has 0 saturated carbocycles. The Labute approximate surface area is 122 Å². The van der Waals surface area contributed by atoms with Crippen molar-refractivity contribution in [3.05, 3.63) is 28.3 Å². The third kappa shape index (κ3) is 3.69. The lowest BCUT2D eigenvalue weighted by molar-refractivity contribution is 0.0696. The average Bonchev–Trinajstić information content (AvgIpc) is 2.30. The molecule has 0 bridgehead atoms. The van der Waals surface area contributed by atoms with Gasteiger partial charge in [0.2, 0.25) is 10.0 Å². The molecule has 3 N–H and O–H groups in total. The Balaban J connectivity index is 3.43. The maximum atomic E-state index is 12.3. The van der Waals surface area contributed by atoms with Gasteiger partial charge in [-0.1, -0.05) is 11.6 Å². The number of carboxylic acid groups (broad SMARTS) is 1. The molecule has 0 aliphatic rings. The standard InChI is InChI=1S/C12H16ClNO5S/c1-7-9(11(16)17)4-8(13)5-10(7)20(18,19)14-12(2,3)6-15/h4-5,14-15H,6H2,1-3H3,(H,16,17). The molecule has 8 heteroatoms. The third-order valence-corrected chi connectivity index (χ3v) is 4.69. The monoisotopic (exact) mass is 321 g/mol. The highest BCUT2D eigenvalue weighted by molar-refractivity contribution is 7.89. The van der Waals surface area contributed by atoms with Crippen molar-refractivity contribution in [1.82, 2.24) is 4.72 Å². The number of hydrogen-bond acceptors (Lipinski definition) is 4. The summed E-state index contributed by atoms with van der Waals surface area (Å²) in [5, 5.41) is 18.2. The minimum atomic E-state index is -4.00. The largest absolute Gasteiger partial charge is 0.478 e. The van der Waals surface area contributed by atoms with Gasteiger partial charge in [-0.3, -0.25) is 0 Å². The summed E-state index contributed by atoms with van der Waals surface area (Å²) in [6.07, 6.45) is 0. The molecule has 1 aromatic carbocycles. The first-order valence-corrected chi connectivity index (χ1v) is 7.54. The molecule has 0 atom stereocenters. The minimum absolute atomic E-state index is 0.00943. The van der Waals surface area contributed by atoms with Gasteiger partial charge >= 0.3 is 5.97 Å². The molecule has 20 heavy (non-hydrogen) atoms. The van der Waals surface area contributed by atoms with Gasteiger partial charge in [0.25, 0.3) is 0 Å². The Bertz CT molecular complexity index is 639. The van der Waals surface area contributed by atoms with Crippen LogP contribution in [0.15, 0.2) is 17.0 Å². The molecule has 0 amide bonds. The van der Waals surface area contributed by atoms with Gasteiger partial charge in [0, 0.05) is 5.02 Å². The highest BCUT2D eigenvalue weighted by atomic mass is 35.5. The summed E-state index contributed by atoms with van der Waals surface area (Å²) in [7, 11) is -4.00. The molecule has 0 saturated heterocycles. The molecule has 1 rings (SSSR count). The van der Waals surface area contributed by atoms with E-state index in [0.717, 1.165) is 0 Å². The molecule has 1 aromatic rings. The number of benzene rings is 1. The summed E-state index contributed by atoms with van der Waals surface area (Å²) >= 11 is 5.77. The number of halogens is 1. The van der Waals surface area contributed by atoms with Crippen LogP contribution in [0.3, 0.4) is 0 Å². The van der Waals surface area contributed by atoms with Crippen molar-refractivity contribution >= 4 is 27.6 Å². The molecule has 0 radical (unpaired) electrons. The van der Waals surface area contributed by atoms with Crippen LogP contribution in [0.1, 0.15) is 29.8 Å². The second kappa shape index (κ2) is 5.69. The number of aliphatic hydroxyl groups is 1. The molecular weight excluding hydrogens is 306 g/mol. The third-order valence-electron chi connectivity index (χ3n) is 2.65. The summed E-state index contributed by atoms with van der Waals surface area (Å²) in [5.74, 6) is -1.26. The fraction of sp³-hybridized carbons (Fsp3) is 0.417. The summed E-state index contributed by atoms with van der Waals surface area (Å²) in [6.45, 7) is 3.99.